The Kier molecular flexibility index (Phi) is 3.76. The van der Waals surface area contributed by atoms with Crippen LogP contribution in [0.5, 0.6) is 0 Å². The van der Waals surface area contributed by atoms with E-state index in [-0.39, 0.29) is 0 Å². The number of hydrogen-bond donors (Lipinski definition) is 0. The molecule has 0 saturated heterocycles. The van der Waals surface area contributed by atoms with Crippen LogP contribution in [0.1, 0.15) is 16.7 Å². The van der Waals surface area contributed by atoms with Gasteiger partial charge in [-0.2, -0.15) is 0 Å². The summed E-state index contributed by atoms with van der Waals surface area (Å²) < 4.78 is 4.33. The maximum atomic E-state index is 11.5. The number of rotatable bonds is 3. The third kappa shape index (κ3) is 2.58. The highest BCUT2D eigenvalue weighted by Crippen LogP contribution is 2.47. The number of ether oxygens (including phenoxy) is 1. The van der Waals surface area contributed by atoms with Crippen LogP contribution in [0.3, 0.4) is 0 Å². The predicted octanol–water partition coefficient (Wildman–Crippen LogP) is 4.89. The topological polar surface area (TPSA) is 26.3 Å². The van der Waals surface area contributed by atoms with E-state index in [0.717, 1.165) is 23.6 Å². The van der Waals surface area contributed by atoms with Crippen LogP contribution in [-0.4, -0.2) is 5.97 Å². The summed E-state index contributed by atoms with van der Waals surface area (Å²) in [7, 11) is 0. The summed E-state index contributed by atoms with van der Waals surface area (Å²) in [6.45, 7) is 3.43. The molecule has 0 saturated carbocycles. The summed E-state index contributed by atoms with van der Waals surface area (Å²) in [6, 6.07) is 14.3. The normalized spacial score (nSPS) is 12.5. The van der Waals surface area contributed by atoms with Crippen LogP contribution in [-0.2, 0) is 19.4 Å². The molecule has 2 aromatic rings. The first-order valence-electron chi connectivity index (χ1n) is 6.47. The molecule has 0 spiro atoms. The predicted molar refractivity (Wildman–Crippen MR) is 90.5 cm³/mol. The van der Waals surface area contributed by atoms with Crippen molar-refractivity contribution in [3.05, 3.63) is 71.8 Å². The lowest BCUT2D eigenvalue weighted by atomic mass is 10.0. The quantitative estimate of drug-likeness (QED) is 0.351. The zero-order valence-electron chi connectivity index (χ0n) is 11.1. The van der Waals surface area contributed by atoms with Crippen molar-refractivity contribution in [2.45, 2.75) is 9.84 Å². The summed E-state index contributed by atoms with van der Waals surface area (Å²) in [4.78, 5) is 11.5. The van der Waals surface area contributed by atoms with E-state index in [2.05, 4.69) is 56.6 Å². The highest BCUT2D eigenvalue weighted by molar-refractivity contribution is 9.24. The molecular formula is C17H12Br2O2. The van der Waals surface area contributed by atoms with Crippen molar-refractivity contribution in [1.82, 2.24) is 0 Å². The first kappa shape index (κ1) is 14.5. The molecule has 0 aliphatic heterocycles. The number of esters is 1. The summed E-state index contributed by atoms with van der Waals surface area (Å²) in [5, 5.41) is 0. The highest BCUT2D eigenvalue weighted by Gasteiger charge is 2.34. The summed E-state index contributed by atoms with van der Waals surface area (Å²) in [6.07, 6.45) is 1.97. The molecular weight excluding hydrogens is 396 g/mol. The van der Waals surface area contributed by atoms with Crippen LogP contribution < -0.4 is 0 Å². The van der Waals surface area contributed by atoms with Crippen molar-refractivity contribution in [1.29, 1.82) is 0 Å². The molecule has 0 fully saturated rings. The Bertz CT molecular complexity index is 735. The van der Waals surface area contributed by atoms with Gasteiger partial charge in [0.15, 0.2) is 0 Å². The average Bonchev–Trinajstić information content (AvgIpc) is 2.85. The van der Waals surface area contributed by atoms with E-state index in [1.807, 2.05) is 24.3 Å². The summed E-state index contributed by atoms with van der Waals surface area (Å²) >= 11 is 6.91. The minimum atomic E-state index is -1.04. The Hall–Kier alpha value is -1.39. The number of carbonyl (C=O) groups is 1. The standard InChI is InChI=1S/C17H12Br2O2/c1-2-16(20)21-17(18,19)15-9-5-8-13-12-7-4-3-6-11(12)10-14(13)15/h2-9H,1,10H2. The Balaban J connectivity index is 2.08. The van der Waals surface area contributed by atoms with E-state index in [1.54, 1.807) is 0 Å². The molecule has 0 heterocycles. The first-order valence-corrected chi connectivity index (χ1v) is 8.05. The number of hydrogen-bond acceptors (Lipinski definition) is 2. The number of alkyl halides is 2. The van der Waals surface area contributed by atoms with Crippen molar-refractivity contribution >= 4 is 37.8 Å². The molecule has 0 atom stereocenters. The molecule has 2 aromatic carbocycles. The van der Waals surface area contributed by atoms with Gasteiger partial charge in [0, 0.05) is 11.6 Å². The van der Waals surface area contributed by atoms with Crippen LogP contribution in [0.15, 0.2) is 55.1 Å². The molecule has 0 bridgehead atoms. The largest absolute Gasteiger partial charge is 0.430 e. The minimum Gasteiger partial charge on any atom is -0.430 e. The van der Waals surface area contributed by atoms with Gasteiger partial charge in [-0.05, 0) is 60.5 Å². The molecule has 106 valence electrons. The smallest absolute Gasteiger partial charge is 0.332 e. The Morgan fingerprint density at radius 3 is 2.62 bits per heavy atom. The summed E-state index contributed by atoms with van der Waals surface area (Å²) in [5.74, 6) is -0.489. The fraction of sp³-hybridized carbons (Fsp3) is 0.118. The van der Waals surface area contributed by atoms with Gasteiger partial charge in [-0.25, -0.2) is 4.79 Å². The van der Waals surface area contributed by atoms with Crippen molar-refractivity contribution < 1.29 is 9.53 Å². The molecule has 0 radical (unpaired) electrons. The number of benzene rings is 2. The van der Waals surface area contributed by atoms with Crippen LogP contribution in [0.4, 0.5) is 0 Å². The Labute approximate surface area is 140 Å². The average molecular weight is 408 g/mol. The number of fused-ring (bicyclic) bond motifs is 3. The SMILES string of the molecule is C=CC(=O)OC(Br)(Br)c1cccc2c1Cc1ccccc1-2. The molecule has 21 heavy (non-hydrogen) atoms. The molecule has 2 nitrogen and oxygen atoms in total. The Morgan fingerprint density at radius 2 is 1.86 bits per heavy atom. The second-order valence-corrected chi connectivity index (χ2v) is 8.11. The number of carbonyl (C=O) groups excluding carboxylic acids is 1. The van der Waals surface area contributed by atoms with Crippen LogP contribution in [0.2, 0.25) is 0 Å². The van der Waals surface area contributed by atoms with E-state index in [4.69, 9.17) is 4.74 Å². The lowest BCUT2D eigenvalue weighted by Crippen LogP contribution is -2.19. The zero-order valence-corrected chi connectivity index (χ0v) is 14.3. The third-order valence-electron chi connectivity index (χ3n) is 3.56. The molecule has 1 aliphatic carbocycles. The first-order chi connectivity index (χ1) is 10.0. The molecule has 0 unspecified atom stereocenters. The molecule has 0 N–H and O–H groups in total. The van der Waals surface area contributed by atoms with Gasteiger partial charge in [-0.1, -0.05) is 49.0 Å². The van der Waals surface area contributed by atoms with E-state index >= 15 is 0 Å². The molecule has 0 aromatic heterocycles. The monoisotopic (exact) mass is 406 g/mol. The van der Waals surface area contributed by atoms with Gasteiger partial charge in [0.2, 0.25) is 3.42 Å². The lowest BCUT2D eigenvalue weighted by Gasteiger charge is -2.23. The molecule has 1 aliphatic rings. The molecule has 4 heteroatoms. The van der Waals surface area contributed by atoms with Crippen LogP contribution in [0, 0.1) is 0 Å². The van der Waals surface area contributed by atoms with E-state index in [9.17, 15) is 4.79 Å². The zero-order chi connectivity index (χ0) is 15.0. The molecule has 3 rings (SSSR count). The van der Waals surface area contributed by atoms with Crippen LogP contribution >= 0.6 is 31.9 Å². The highest BCUT2D eigenvalue weighted by atomic mass is 79.9. The summed E-state index contributed by atoms with van der Waals surface area (Å²) in [5.41, 5.74) is 5.75. The van der Waals surface area contributed by atoms with E-state index in [0.29, 0.717) is 0 Å². The lowest BCUT2D eigenvalue weighted by molar-refractivity contribution is -0.140. The fourth-order valence-electron chi connectivity index (χ4n) is 2.65. The van der Waals surface area contributed by atoms with E-state index < -0.39 is 9.39 Å². The second kappa shape index (κ2) is 5.43. The van der Waals surface area contributed by atoms with Crippen molar-refractivity contribution in [2.75, 3.05) is 0 Å². The van der Waals surface area contributed by atoms with Gasteiger partial charge in [-0.3, -0.25) is 0 Å². The van der Waals surface area contributed by atoms with Crippen molar-refractivity contribution in [3.8, 4) is 11.1 Å². The fourth-order valence-corrected chi connectivity index (χ4v) is 3.71. The van der Waals surface area contributed by atoms with Gasteiger partial charge in [0.05, 0.1) is 0 Å². The van der Waals surface area contributed by atoms with Gasteiger partial charge in [0.25, 0.3) is 0 Å². The maximum Gasteiger partial charge on any atom is 0.332 e. The van der Waals surface area contributed by atoms with Crippen molar-refractivity contribution in [2.24, 2.45) is 0 Å². The van der Waals surface area contributed by atoms with Gasteiger partial charge in [0.1, 0.15) is 0 Å². The minimum absolute atomic E-state index is 0.489. The Morgan fingerprint density at radius 1 is 1.14 bits per heavy atom. The number of halogens is 2. The van der Waals surface area contributed by atoms with Gasteiger partial charge < -0.3 is 4.74 Å². The van der Waals surface area contributed by atoms with Crippen LogP contribution in [0.25, 0.3) is 11.1 Å². The third-order valence-corrected chi connectivity index (χ3v) is 4.74. The van der Waals surface area contributed by atoms with Crippen molar-refractivity contribution in [3.63, 3.8) is 0 Å². The van der Waals surface area contributed by atoms with Gasteiger partial charge in [-0.15, -0.1) is 0 Å². The van der Waals surface area contributed by atoms with Gasteiger partial charge >= 0.3 is 5.97 Å². The van der Waals surface area contributed by atoms with E-state index in [1.165, 1.54) is 16.7 Å². The maximum absolute atomic E-state index is 11.5. The molecule has 0 amide bonds. The second-order valence-electron chi connectivity index (χ2n) is 4.81.